The first-order chi connectivity index (χ1) is 9.40. The molecule has 3 nitrogen and oxygen atoms in total. The van der Waals surface area contributed by atoms with E-state index in [4.69, 9.17) is 4.74 Å². The van der Waals surface area contributed by atoms with Gasteiger partial charge >= 0.3 is 0 Å². The van der Waals surface area contributed by atoms with E-state index < -0.39 is 6.10 Å². The lowest BCUT2D eigenvalue weighted by Gasteiger charge is -2.18. The number of aryl methyl sites for hydroxylation is 2. The van der Waals surface area contributed by atoms with Crippen molar-refractivity contribution in [3.05, 3.63) is 29.3 Å². The third-order valence-electron chi connectivity index (χ3n) is 3.76. The van der Waals surface area contributed by atoms with Gasteiger partial charge in [-0.1, -0.05) is 32.9 Å². The second-order valence-electron chi connectivity index (χ2n) is 6.11. The summed E-state index contributed by atoms with van der Waals surface area (Å²) in [6, 6.07) is 6.11. The van der Waals surface area contributed by atoms with Crippen molar-refractivity contribution in [2.75, 3.05) is 19.7 Å². The monoisotopic (exact) mass is 279 g/mol. The van der Waals surface area contributed by atoms with Crippen LogP contribution >= 0.6 is 0 Å². The molecule has 2 N–H and O–H groups in total. The lowest BCUT2D eigenvalue weighted by Crippen LogP contribution is -2.34. The van der Waals surface area contributed by atoms with E-state index in [1.807, 2.05) is 26.0 Å². The highest BCUT2D eigenvalue weighted by Gasteiger charge is 2.10. The number of nitrogens with one attached hydrogen (secondary N) is 1. The normalized spacial score (nSPS) is 14.3. The first-order valence-electron chi connectivity index (χ1n) is 7.49. The van der Waals surface area contributed by atoms with Gasteiger partial charge in [-0.15, -0.1) is 0 Å². The zero-order valence-electron chi connectivity index (χ0n) is 13.4. The van der Waals surface area contributed by atoms with Crippen LogP contribution < -0.4 is 10.1 Å². The van der Waals surface area contributed by atoms with E-state index in [2.05, 4.69) is 32.2 Å². The van der Waals surface area contributed by atoms with Gasteiger partial charge in [0.25, 0.3) is 0 Å². The fraction of sp³-hybridized carbons (Fsp3) is 0.647. The molecule has 0 radical (unpaired) electrons. The predicted molar refractivity (Wildman–Crippen MR) is 84.3 cm³/mol. The van der Waals surface area contributed by atoms with Crippen LogP contribution in [0.25, 0.3) is 0 Å². The molecular formula is C17H29NO2. The number of hydrogen-bond acceptors (Lipinski definition) is 3. The minimum atomic E-state index is -0.478. The van der Waals surface area contributed by atoms with E-state index in [0.29, 0.717) is 25.0 Å². The Labute approximate surface area is 123 Å². The Kier molecular flexibility index (Phi) is 7.03. The van der Waals surface area contributed by atoms with Gasteiger partial charge in [-0.3, -0.25) is 0 Å². The average Bonchev–Trinajstić information content (AvgIpc) is 2.39. The van der Waals surface area contributed by atoms with E-state index in [-0.39, 0.29) is 0 Å². The Balaban J connectivity index is 2.29. The minimum absolute atomic E-state index is 0.327. The van der Waals surface area contributed by atoms with Gasteiger partial charge in [0.2, 0.25) is 0 Å². The maximum Gasteiger partial charge on any atom is 0.122 e. The highest BCUT2D eigenvalue weighted by Crippen LogP contribution is 2.19. The van der Waals surface area contributed by atoms with Gasteiger partial charge in [0, 0.05) is 6.54 Å². The summed E-state index contributed by atoms with van der Waals surface area (Å²) in [6.45, 7) is 12.5. The van der Waals surface area contributed by atoms with Crippen molar-refractivity contribution in [2.24, 2.45) is 11.8 Å². The molecule has 0 aliphatic heterocycles. The van der Waals surface area contributed by atoms with Crippen molar-refractivity contribution >= 4 is 0 Å². The molecule has 114 valence electrons. The Morgan fingerprint density at radius 2 is 1.85 bits per heavy atom. The summed E-state index contributed by atoms with van der Waals surface area (Å²) in [5, 5.41) is 13.2. The molecule has 0 aliphatic rings. The molecule has 1 aromatic carbocycles. The Morgan fingerprint density at radius 1 is 1.15 bits per heavy atom. The molecule has 20 heavy (non-hydrogen) atoms. The quantitative estimate of drug-likeness (QED) is 0.769. The topological polar surface area (TPSA) is 41.5 Å². The van der Waals surface area contributed by atoms with E-state index in [1.165, 1.54) is 5.56 Å². The predicted octanol–water partition coefficient (Wildman–Crippen LogP) is 2.92. The highest BCUT2D eigenvalue weighted by molar-refractivity contribution is 5.35. The summed E-state index contributed by atoms with van der Waals surface area (Å²) in [7, 11) is 0. The van der Waals surface area contributed by atoms with Crippen LogP contribution in [-0.4, -0.2) is 30.9 Å². The van der Waals surface area contributed by atoms with Crippen LogP contribution in [-0.2, 0) is 0 Å². The smallest absolute Gasteiger partial charge is 0.122 e. The van der Waals surface area contributed by atoms with Gasteiger partial charge in [-0.2, -0.15) is 0 Å². The van der Waals surface area contributed by atoms with E-state index in [9.17, 15) is 5.11 Å². The average molecular weight is 279 g/mol. The van der Waals surface area contributed by atoms with Gasteiger partial charge in [-0.25, -0.2) is 0 Å². The maximum absolute atomic E-state index is 9.93. The van der Waals surface area contributed by atoms with Crippen LogP contribution in [0.5, 0.6) is 5.75 Å². The molecular weight excluding hydrogens is 250 g/mol. The Morgan fingerprint density at radius 3 is 2.50 bits per heavy atom. The van der Waals surface area contributed by atoms with Crippen molar-refractivity contribution in [2.45, 2.75) is 40.7 Å². The molecule has 0 aromatic heterocycles. The van der Waals surface area contributed by atoms with Crippen LogP contribution in [0.3, 0.4) is 0 Å². The maximum atomic E-state index is 9.93. The van der Waals surface area contributed by atoms with Crippen LogP contribution in [0, 0.1) is 25.7 Å². The SMILES string of the molecule is Cc1ccc(C)c(OCC(O)CNCC(C)C(C)C)c1. The van der Waals surface area contributed by atoms with Crippen LogP contribution in [0.15, 0.2) is 18.2 Å². The Bertz CT molecular complexity index is 404. The minimum Gasteiger partial charge on any atom is -0.491 e. The molecule has 2 unspecified atom stereocenters. The summed E-state index contributed by atoms with van der Waals surface area (Å²) < 4.78 is 5.69. The summed E-state index contributed by atoms with van der Waals surface area (Å²) in [5.41, 5.74) is 2.27. The fourth-order valence-electron chi connectivity index (χ4n) is 1.82. The van der Waals surface area contributed by atoms with Gasteiger partial charge in [0.05, 0.1) is 0 Å². The van der Waals surface area contributed by atoms with Crippen molar-refractivity contribution < 1.29 is 9.84 Å². The van der Waals surface area contributed by atoms with Crippen molar-refractivity contribution in [3.8, 4) is 5.75 Å². The zero-order chi connectivity index (χ0) is 15.1. The summed E-state index contributed by atoms with van der Waals surface area (Å²) in [6.07, 6.45) is -0.478. The molecule has 0 saturated carbocycles. The van der Waals surface area contributed by atoms with Gasteiger partial charge in [0.15, 0.2) is 0 Å². The number of benzene rings is 1. The lowest BCUT2D eigenvalue weighted by atomic mass is 9.98. The second-order valence-corrected chi connectivity index (χ2v) is 6.11. The largest absolute Gasteiger partial charge is 0.491 e. The lowest BCUT2D eigenvalue weighted by molar-refractivity contribution is 0.104. The van der Waals surface area contributed by atoms with Gasteiger partial charge in [0.1, 0.15) is 18.5 Å². The number of aliphatic hydroxyl groups is 1. The summed E-state index contributed by atoms with van der Waals surface area (Å²) in [4.78, 5) is 0. The molecule has 0 heterocycles. The van der Waals surface area contributed by atoms with Crippen LogP contribution in [0.2, 0.25) is 0 Å². The van der Waals surface area contributed by atoms with E-state index in [0.717, 1.165) is 17.9 Å². The first kappa shape index (κ1) is 17.0. The fourth-order valence-corrected chi connectivity index (χ4v) is 1.82. The first-order valence-corrected chi connectivity index (χ1v) is 7.49. The molecule has 0 saturated heterocycles. The van der Waals surface area contributed by atoms with Crippen LogP contribution in [0.4, 0.5) is 0 Å². The molecule has 0 fully saturated rings. The van der Waals surface area contributed by atoms with E-state index >= 15 is 0 Å². The Hall–Kier alpha value is -1.06. The van der Waals surface area contributed by atoms with Crippen LogP contribution in [0.1, 0.15) is 31.9 Å². The molecule has 1 aromatic rings. The molecule has 3 heteroatoms. The van der Waals surface area contributed by atoms with Crippen molar-refractivity contribution in [1.82, 2.24) is 5.32 Å². The van der Waals surface area contributed by atoms with E-state index in [1.54, 1.807) is 0 Å². The van der Waals surface area contributed by atoms with Gasteiger partial charge in [-0.05, 0) is 49.4 Å². The number of aliphatic hydroxyl groups excluding tert-OH is 1. The molecule has 0 amide bonds. The third-order valence-corrected chi connectivity index (χ3v) is 3.76. The molecule has 0 spiro atoms. The van der Waals surface area contributed by atoms with Gasteiger partial charge < -0.3 is 15.2 Å². The summed E-state index contributed by atoms with van der Waals surface area (Å²) in [5.74, 6) is 2.13. The van der Waals surface area contributed by atoms with Crippen molar-refractivity contribution in [3.63, 3.8) is 0 Å². The standard InChI is InChI=1S/C17H29NO2/c1-12(2)15(5)9-18-10-16(19)11-20-17-8-13(3)6-7-14(17)4/h6-8,12,15-16,18-19H,9-11H2,1-5H3. The molecule has 2 atom stereocenters. The summed E-state index contributed by atoms with van der Waals surface area (Å²) >= 11 is 0. The molecule has 0 bridgehead atoms. The highest BCUT2D eigenvalue weighted by atomic mass is 16.5. The number of rotatable bonds is 8. The zero-order valence-corrected chi connectivity index (χ0v) is 13.4. The number of ether oxygens (including phenoxy) is 1. The molecule has 0 aliphatic carbocycles. The number of hydrogen-bond donors (Lipinski definition) is 2. The second kappa shape index (κ2) is 8.28. The van der Waals surface area contributed by atoms with Crippen molar-refractivity contribution in [1.29, 1.82) is 0 Å². The molecule has 1 rings (SSSR count). The third kappa shape index (κ3) is 5.93.